The van der Waals surface area contributed by atoms with Crippen molar-refractivity contribution in [3.05, 3.63) is 29.8 Å². The fourth-order valence-corrected chi connectivity index (χ4v) is 2.21. The van der Waals surface area contributed by atoms with Crippen LogP contribution >= 0.6 is 0 Å². The van der Waals surface area contributed by atoms with Crippen LogP contribution in [0, 0.1) is 0 Å². The zero-order chi connectivity index (χ0) is 14.2. The molecule has 0 unspecified atom stereocenters. The summed E-state index contributed by atoms with van der Waals surface area (Å²) >= 11 is 0. The number of methoxy groups -OCH3 is 1. The van der Waals surface area contributed by atoms with Crippen LogP contribution in [-0.2, 0) is 4.74 Å². The maximum Gasteiger partial charge on any atom is 0.161 e. The second kappa shape index (κ2) is 7.92. The van der Waals surface area contributed by atoms with E-state index < -0.39 is 0 Å². The van der Waals surface area contributed by atoms with E-state index in [1.807, 2.05) is 37.3 Å². The quantitative estimate of drug-likeness (QED) is 0.799. The minimum atomic E-state index is 0.662. The lowest BCUT2D eigenvalue weighted by molar-refractivity contribution is 0.0321. The molecule has 2 rings (SSSR count). The monoisotopic (exact) mass is 277 g/mol. The van der Waals surface area contributed by atoms with Crippen LogP contribution < -0.4 is 9.47 Å². The van der Waals surface area contributed by atoms with Crippen LogP contribution in [0.1, 0.15) is 12.5 Å². The Morgan fingerprint density at radius 1 is 1.25 bits per heavy atom. The Morgan fingerprint density at radius 2 is 2.05 bits per heavy atom. The predicted molar refractivity (Wildman–Crippen MR) is 80.5 cm³/mol. The van der Waals surface area contributed by atoms with E-state index in [0.29, 0.717) is 6.61 Å². The molecule has 0 radical (unpaired) electrons. The molecule has 1 heterocycles. The van der Waals surface area contributed by atoms with Gasteiger partial charge in [-0.3, -0.25) is 4.90 Å². The van der Waals surface area contributed by atoms with Gasteiger partial charge in [-0.1, -0.05) is 18.2 Å². The molecule has 20 heavy (non-hydrogen) atoms. The van der Waals surface area contributed by atoms with E-state index >= 15 is 0 Å². The van der Waals surface area contributed by atoms with E-state index in [4.69, 9.17) is 14.2 Å². The molecule has 1 saturated heterocycles. The number of morpholine rings is 1. The molecule has 0 N–H and O–H groups in total. The number of hydrogen-bond acceptors (Lipinski definition) is 4. The van der Waals surface area contributed by atoms with E-state index in [9.17, 15) is 0 Å². The number of hydrogen-bond donors (Lipinski definition) is 0. The highest BCUT2D eigenvalue weighted by Crippen LogP contribution is 2.28. The molecule has 0 atom stereocenters. The Bertz CT molecular complexity index is 439. The van der Waals surface area contributed by atoms with Crippen molar-refractivity contribution in [3.8, 4) is 11.5 Å². The standard InChI is InChI=1S/C16H23NO3/c1-3-4-14-5-6-15(18-2)16(13-14)20-12-9-17-7-10-19-11-8-17/h3-6,13H,7-12H2,1-2H3/b4-3+. The van der Waals surface area contributed by atoms with Crippen molar-refractivity contribution in [2.75, 3.05) is 46.6 Å². The third-order valence-electron chi connectivity index (χ3n) is 3.32. The normalized spacial score (nSPS) is 16.5. The van der Waals surface area contributed by atoms with Gasteiger partial charge in [0.15, 0.2) is 11.5 Å². The first-order valence-electron chi connectivity index (χ1n) is 7.07. The highest BCUT2D eigenvalue weighted by atomic mass is 16.5. The van der Waals surface area contributed by atoms with Gasteiger partial charge < -0.3 is 14.2 Å². The summed E-state index contributed by atoms with van der Waals surface area (Å²) in [6.07, 6.45) is 4.06. The van der Waals surface area contributed by atoms with Gasteiger partial charge in [0.1, 0.15) is 6.61 Å². The maximum atomic E-state index is 5.88. The smallest absolute Gasteiger partial charge is 0.161 e. The molecule has 4 heteroatoms. The van der Waals surface area contributed by atoms with Crippen LogP contribution in [0.15, 0.2) is 24.3 Å². The summed E-state index contributed by atoms with van der Waals surface area (Å²) in [4.78, 5) is 2.35. The Kier molecular flexibility index (Phi) is 5.89. The van der Waals surface area contributed by atoms with Crippen LogP contribution in [0.3, 0.4) is 0 Å². The van der Waals surface area contributed by atoms with Gasteiger partial charge in [0.2, 0.25) is 0 Å². The summed E-state index contributed by atoms with van der Waals surface area (Å²) in [5.41, 5.74) is 1.12. The molecule has 0 aliphatic carbocycles. The fraction of sp³-hybridized carbons (Fsp3) is 0.500. The molecule has 1 aromatic carbocycles. The van der Waals surface area contributed by atoms with Crippen molar-refractivity contribution >= 4 is 6.08 Å². The minimum Gasteiger partial charge on any atom is -0.493 e. The molecule has 0 aromatic heterocycles. The lowest BCUT2D eigenvalue weighted by Crippen LogP contribution is -2.38. The van der Waals surface area contributed by atoms with Crippen molar-refractivity contribution < 1.29 is 14.2 Å². The van der Waals surface area contributed by atoms with Crippen LogP contribution in [0.25, 0.3) is 6.08 Å². The zero-order valence-electron chi connectivity index (χ0n) is 12.3. The van der Waals surface area contributed by atoms with Gasteiger partial charge >= 0.3 is 0 Å². The summed E-state index contributed by atoms with van der Waals surface area (Å²) in [6, 6.07) is 5.98. The molecule has 1 aromatic rings. The summed E-state index contributed by atoms with van der Waals surface area (Å²) in [5, 5.41) is 0. The summed E-state index contributed by atoms with van der Waals surface area (Å²) in [6.45, 7) is 7.19. The van der Waals surface area contributed by atoms with Crippen molar-refractivity contribution in [1.82, 2.24) is 4.90 Å². The van der Waals surface area contributed by atoms with Crippen LogP contribution in [0.2, 0.25) is 0 Å². The average molecular weight is 277 g/mol. The molecule has 1 aliphatic heterocycles. The lowest BCUT2D eigenvalue weighted by atomic mass is 10.2. The lowest BCUT2D eigenvalue weighted by Gasteiger charge is -2.26. The van der Waals surface area contributed by atoms with E-state index in [1.54, 1.807) is 7.11 Å². The molecular weight excluding hydrogens is 254 g/mol. The second-order valence-corrected chi connectivity index (χ2v) is 4.71. The summed E-state index contributed by atoms with van der Waals surface area (Å²) in [7, 11) is 1.67. The Hall–Kier alpha value is -1.52. The van der Waals surface area contributed by atoms with Crippen LogP contribution in [0.5, 0.6) is 11.5 Å². The van der Waals surface area contributed by atoms with Gasteiger partial charge in [-0.2, -0.15) is 0 Å². The Morgan fingerprint density at radius 3 is 2.75 bits per heavy atom. The van der Waals surface area contributed by atoms with Gasteiger partial charge in [-0.15, -0.1) is 0 Å². The van der Waals surface area contributed by atoms with Gasteiger partial charge in [-0.05, 0) is 24.6 Å². The number of ether oxygens (including phenoxy) is 3. The molecule has 110 valence electrons. The fourth-order valence-electron chi connectivity index (χ4n) is 2.21. The molecular formula is C16H23NO3. The van der Waals surface area contributed by atoms with Gasteiger partial charge in [0.25, 0.3) is 0 Å². The third-order valence-corrected chi connectivity index (χ3v) is 3.32. The molecule has 0 spiro atoms. The van der Waals surface area contributed by atoms with Crippen molar-refractivity contribution in [2.24, 2.45) is 0 Å². The first kappa shape index (κ1) is 14.9. The van der Waals surface area contributed by atoms with Crippen molar-refractivity contribution in [3.63, 3.8) is 0 Å². The van der Waals surface area contributed by atoms with Gasteiger partial charge in [0, 0.05) is 19.6 Å². The van der Waals surface area contributed by atoms with Crippen LogP contribution in [0.4, 0.5) is 0 Å². The minimum absolute atomic E-state index is 0.662. The van der Waals surface area contributed by atoms with E-state index in [0.717, 1.165) is 49.9 Å². The largest absolute Gasteiger partial charge is 0.493 e. The number of nitrogens with zero attached hydrogens (tertiary/aromatic N) is 1. The van der Waals surface area contributed by atoms with Gasteiger partial charge in [0.05, 0.1) is 20.3 Å². The number of allylic oxidation sites excluding steroid dienone is 1. The van der Waals surface area contributed by atoms with E-state index in [1.165, 1.54) is 0 Å². The second-order valence-electron chi connectivity index (χ2n) is 4.71. The molecule has 1 fully saturated rings. The SMILES string of the molecule is C/C=C/c1ccc(OC)c(OCCN2CCOCC2)c1. The number of rotatable bonds is 6. The molecule has 4 nitrogen and oxygen atoms in total. The molecule has 0 amide bonds. The molecule has 0 saturated carbocycles. The van der Waals surface area contributed by atoms with E-state index in [2.05, 4.69) is 4.90 Å². The highest BCUT2D eigenvalue weighted by molar-refractivity contribution is 5.55. The molecule has 0 bridgehead atoms. The van der Waals surface area contributed by atoms with Crippen molar-refractivity contribution in [1.29, 1.82) is 0 Å². The topological polar surface area (TPSA) is 30.9 Å². The number of benzene rings is 1. The first-order chi connectivity index (χ1) is 9.83. The maximum absolute atomic E-state index is 5.88. The average Bonchev–Trinajstić information content (AvgIpc) is 2.49. The van der Waals surface area contributed by atoms with Crippen molar-refractivity contribution in [2.45, 2.75) is 6.92 Å². The van der Waals surface area contributed by atoms with Gasteiger partial charge in [-0.25, -0.2) is 0 Å². The highest BCUT2D eigenvalue weighted by Gasteiger charge is 2.11. The first-order valence-corrected chi connectivity index (χ1v) is 7.07. The van der Waals surface area contributed by atoms with E-state index in [-0.39, 0.29) is 0 Å². The summed E-state index contributed by atoms with van der Waals surface area (Å²) in [5.74, 6) is 1.58. The Balaban J connectivity index is 1.91. The zero-order valence-corrected chi connectivity index (χ0v) is 12.3. The molecule has 1 aliphatic rings. The third kappa shape index (κ3) is 4.25. The van der Waals surface area contributed by atoms with Crippen LogP contribution in [-0.4, -0.2) is 51.5 Å². The summed E-state index contributed by atoms with van der Waals surface area (Å²) < 4.78 is 16.5. The predicted octanol–water partition coefficient (Wildman–Crippen LogP) is 2.44. The Labute approximate surface area is 120 Å².